The predicted octanol–water partition coefficient (Wildman–Crippen LogP) is 2.77. The Hall–Kier alpha value is -2.47. The number of fused-ring (bicyclic) bond motifs is 1. The summed E-state index contributed by atoms with van der Waals surface area (Å²) in [5.74, 6) is -0.754. The molecule has 3 aromatic rings. The number of thiazole rings is 1. The van der Waals surface area contributed by atoms with Gasteiger partial charge in [0.2, 0.25) is 15.9 Å². The number of hydrogen-bond donors (Lipinski definition) is 2. The number of halogens is 1. The van der Waals surface area contributed by atoms with Crippen molar-refractivity contribution in [2.45, 2.75) is 17.7 Å². The van der Waals surface area contributed by atoms with E-state index in [1.54, 1.807) is 23.1 Å². The molecule has 9 nitrogen and oxygen atoms in total. The molecule has 0 saturated carbocycles. The second kappa shape index (κ2) is 8.58. The zero-order chi connectivity index (χ0) is 22.2. The maximum absolute atomic E-state index is 12.8. The topological polar surface area (TPSA) is 115 Å². The minimum atomic E-state index is -3.96. The highest BCUT2D eigenvalue weighted by Crippen LogP contribution is 2.28. The highest BCUT2D eigenvalue weighted by Gasteiger charge is 2.27. The SMILES string of the molecule is CN(CC(=O)Nc1nc2ccc(Cl)cc2s1)S(=O)(=O)c1c[nH]c(C(=O)N2CCCC2)c1. The van der Waals surface area contributed by atoms with Crippen LogP contribution in [-0.2, 0) is 14.8 Å². The van der Waals surface area contributed by atoms with Crippen LogP contribution in [0.5, 0.6) is 0 Å². The monoisotopic (exact) mass is 481 g/mol. The molecule has 1 saturated heterocycles. The van der Waals surface area contributed by atoms with E-state index in [1.807, 2.05) is 0 Å². The van der Waals surface area contributed by atoms with Crippen molar-refractivity contribution in [1.82, 2.24) is 19.2 Å². The number of rotatable bonds is 6. The summed E-state index contributed by atoms with van der Waals surface area (Å²) < 4.78 is 27.4. The van der Waals surface area contributed by atoms with Gasteiger partial charge in [0.05, 0.1) is 16.8 Å². The van der Waals surface area contributed by atoms with Gasteiger partial charge in [-0.1, -0.05) is 22.9 Å². The molecule has 1 aliphatic heterocycles. The second-order valence-electron chi connectivity index (χ2n) is 7.19. The summed E-state index contributed by atoms with van der Waals surface area (Å²) in [6.07, 6.45) is 3.15. The molecule has 4 rings (SSSR count). The molecule has 0 bridgehead atoms. The Kier molecular flexibility index (Phi) is 6.02. The van der Waals surface area contributed by atoms with Crippen LogP contribution in [0.1, 0.15) is 23.3 Å². The highest BCUT2D eigenvalue weighted by molar-refractivity contribution is 7.89. The summed E-state index contributed by atoms with van der Waals surface area (Å²) in [6, 6.07) is 6.50. The van der Waals surface area contributed by atoms with Crippen LogP contribution in [0.3, 0.4) is 0 Å². The highest BCUT2D eigenvalue weighted by atomic mass is 35.5. The fourth-order valence-corrected chi connectivity index (χ4v) is 5.60. The first-order valence-corrected chi connectivity index (χ1v) is 12.2. The quantitative estimate of drug-likeness (QED) is 0.561. The maximum atomic E-state index is 12.8. The number of carbonyl (C=O) groups excluding carboxylic acids is 2. The largest absolute Gasteiger partial charge is 0.356 e. The Balaban J connectivity index is 1.42. The van der Waals surface area contributed by atoms with Crippen molar-refractivity contribution in [3.63, 3.8) is 0 Å². The summed E-state index contributed by atoms with van der Waals surface area (Å²) in [4.78, 5) is 33.5. The summed E-state index contributed by atoms with van der Waals surface area (Å²) in [7, 11) is -2.65. The van der Waals surface area contributed by atoms with Gasteiger partial charge in [-0.2, -0.15) is 4.31 Å². The average molecular weight is 482 g/mol. The first-order chi connectivity index (χ1) is 14.7. The summed E-state index contributed by atoms with van der Waals surface area (Å²) >= 11 is 7.21. The van der Waals surface area contributed by atoms with Gasteiger partial charge in [-0.25, -0.2) is 13.4 Å². The molecular formula is C19H20ClN5O4S2. The number of nitrogens with zero attached hydrogens (tertiary/aromatic N) is 3. The van der Waals surface area contributed by atoms with Crippen LogP contribution in [0, 0.1) is 0 Å². The Morgan fingerprint density at radius 3 is 2.77 bits per heavy atom. The molecule has 164 valence electrons. The lowest BCUT2D eigenvalue weighted by Gasteiger charge is -2.15. The van der Waals surface area contributed by atoms with Gasteiger partial charge in [-0.05, 0) is 37.1 Å². The van der Waals surface area contributed by atoms with E-state index >= 15 is 0 Å². The van der Waals surface area contributed by atoms with E-state index in [-0.39, 0.29) is 16.5 Å². The Morgan fingerprint density at radius 2 is 2.03 bits per heavy atom. The summed E-state index contributed by atoms with van der Waals surface area (Å²) in [6.45, 7) is 0.926. The lowest BCUT2D eigenvalue weighted by atomic mass is 10.3. The van der Waals surface area contributed by atoms with Gasteiger partial charge in [0.1, 0.15) is 10.6 Å². The molecule has 0 spiro atoms. The van der Waals surface area contributed by atoms with Crippen LogP contribution >= 0.6 is 22.9 Å². The summed E-state index contributed by atoms with van der Waals surface area (Å²) in [5.41, 5.74) is 0.902. The van der Waals surface area contributed by atoms with E-state index < -0.39 is 22.5 Å². The van der Waals surface area contributed by atoms with Gasteiger partial charge >= 0.3 is 0 Å². The molecule has 0 atom stereocenters. The van der Waals surface area contributed by atoms with Crippen LogP contribution in [-0.4, -0.2) is 66.1 Å². The van der Waals surface area contributed by atoms with E-state index in [0.717, 1.165) is 21.8 Å². The number of carbonyl (C=O) groups is 2. The molecule has 31 heavy (non-hydrogen) atoms. The number of aromatic amines is 1. The van der Waals surface area contributed by atoms with Gasteiger partial charge in [-0.15, -0.1) is 0 Å². The molecule has 2 aromatic heterocycles. The Morgan fingerprint density at radius 1 is 1.29 bits per heavy atom. The van der Waals surface area contributed by atoms with Gasteiger partial charge in [0.25, 0.3) is 5.91 Å². The van der Waals surface area contributed by atoms with Crippen LogP contribution in [0.2, 0.25) is 5.02 Å². The lowest BCUT2D eigenvalue weighted by molar-refractivity contribution is -0.116. The molecule has 2 N–H and O–H groups in total. The van der Waals surface area contributed by atoms with Crippen LogP contribution in [0.25, 0.3) is 10.2 Å². The van der Waals surface area contributed by atoms with E-state index in [1.165, 1.54) is 30.6 Å². The van der Waals surface area contributed by atoms with Crippen molar-refractivity contribution in [3.05, 3.63) is 41.2 Å². The third-order valence-electron chi connectivity index (χ3n) is 4.95. The predicted molar refractivity (Wildman–Crippen MR) is 119 cm³/mol. The molecular weight excluding hydrogens is 462 g/mol. The minimum Gasteiger partial charge on any atom is -0.356 e. The van der Waals surface area contributed by atoms with E-state index in [0.29, 0.717) is 28.8 Å². The van der Waals surface area contributed by atoms with E-state index in [2.05, 4.69) is 15.3 Å². The van der Waals surface area contributed by atoms with Crippen molar-refractivity contribution in [2.75, 3.05) is 32.0 Å². The van der Waals surface area contributed by atoms with Crippen molar-refractivity contribution in [2.24, 2.45) is 0 Å². The zero-order valence-corrected chi connectivity index (χ0v) is 19.0. The van der Waals surface area contributed by atoms with Crippen molar-refractivity contribution in [1.29, 1.82) is 0 Å². The van der Waals surface area contributed by atoms with Crippen molar-refractivity contribution >= 4 is 60.1 Å². The maximum Gasteiger partial charge on any atom is 0.270 e. The van der Waals surface area contributed by atoms with Gasteiger partial charge in [-0.3, -0.25) is 9.59 Å². The molecule has 0 aliphatic carbocycles. The van der Waals surface area contributed by atoms with Crippen LogP contribution in [0.15, 0.2) is 35.4 Å². The van der Waals surface area contributed by atoms with Gasteiger partial charge in [0.15, 0.2) is 5.13 Å². The molecule has 1 aromatic carbocycles. The van der Waals surface area contributed by atoms with Gasteiger partial charge < -0.3 is 15.2 Å². The van der Waals surface area contributed by atoms with E-state index in [4.69, 9.17) is 11.6 Å². The molecule has 2 amide bonds. The zero-order valence-electron chi connectivity index (χ0n) is 16.6. The molecule has 12 heteroatoms. The number of nitrogens with one attached hydrogen (secondary N) is 2. The number of aromatic nitrogens is 2. The number of sulfonamides is 1. The fourth-order valence-electron chi connectivity index (χ4n) is 3.32. The number of benzene rings is 1. The number of likely N-dealkylation sites (tertiary alicyclic amines) is 1. The molecule has 0 unspecified atom stereocenters. The minimum absolute atomic E-state index is 0.0695. The number of anilines is 1. The standard InChI is InChI=1S/C19H20ClN5O4S2/c1-24(11-17(26)23-19-22-14-5-4-12(20)8-16(14)30-19)31(28,29)13-9-15(21-10-13)18(27)25-6-2-3-7-25/h4-5,8-10,21H,2-3,6-7,11H2,1H3,(H,22,23,26). The van der Waals surface area contributed by atoms with Gasteiger partial charge in [0, 0.05) is 31.4 Å². The smallest absolute Gasteiger partial charge is 0.270 e. The normalized spacial score (nSPS) is 14.5. The third kappa shape index (κ3) is 4.59. The second-order valence-corrected chi connectivity index (χ2v) is 10.7. The molecule has 0 radical (unpaired) electrons. The van der Waals surface area contributed by atoms with E-state index in [9.17, 15) is 18.0 Å². The first kappa shape index (κ1) is 21.8. The number of H-pyrrole nitrogens is 1. The average Bonchev–Trinajstić information content (AvgIpc) is 3.47. The number of amides is 2. The Bertz CT molecular complexity index is 1250. The Labute approximate surface area is 188 Å². The number of likely N-dealkylation sites (N-methyl/N-ethyl adjacent to an activating group) is 1. The molecule has 1 fully saturated rings. The molecule has 1 aliphatic rings. The first-order valence-electron chi connectivity index (χ1n) is 9.54. The van der Waals surface area contributed by atoms with Crippen molar-refractivity contribution < 1.29 is 18.0 Å². The lowest BCUT2D eigenvalue weighted by Crippen LogP contribution is -2.34. The fraction of sp³-hybridized carbons (Fsp3) is 0.316. The third-order valence-corrected chi connectivity index (χ3v) is 7.90. The summed E-state index contributed by atoms with van der Waals surface area (Å²) in [5, 5.41) is 3.54. The van der Waals surface area contributed by atoms with Crippen molar-refractivity contribution in [3.8, 4) is 0 Å². The molecule has 3 heterocycles. The van der Waals surface area contributed by atoms with Crippen LogP contribution < -0.4 is 5.32 Å². The van der Waals surface area contributed by atoms with Crippen LogP contribution in [0.4, 0.5) is 5.13 Å². The number of hydrogen-bond acceptors (Lipinski definition) is 6.